The Morgan fingerprint density at radius 1 is 1.14 bits per heavy atom. The van der Waals surface area contributed by atoms with E-state index >= 15 is 0 Å². The molecule has 4 aliphatic carbocycles. The fraction of sp³-hybridized carbons (Fsp3) is 0.810. The number of hydrogen-bond acceptors (Lipinski definition) is 5. The van der Waals surface area contributed by atoms with Gasteiger partial charge in [-0.2, -0.15) is 8.42 Å². The molecule has 7 heteroatoms. The highest BCUT2D eigenvalue weighted by molar-refractivity contribution is 7.80. The highest BCUT2D eigenvalue weighted by atomic mass is 32.3. The Kier molecular flexibility index (Phi) is 4.68. The predicted octanol–water partition coefficient (Wildman–Crippen LogP) is 3.52. The van der Waals surface area contributed by atoms with Gasteiger partial charge in [0, 0.05) is 11.8 Å². The van der Waals surface area contributed by atoms with Crippen molar-refractivity contribution in [2.45, 2.75) is 71.8 Å². The van der Waals surface area contributed by atoms with Gasteiger partial charge in [0.2, 0.25) is 0 Å². The lowest BCUT2D eigenvalue weighted by molar-refractivity contribution is -0.138. The summed E-state index contributed by atoms with van der Waals surface area (Å²) in [5, 5.41) is 0. The number of ketones is 2. The van der Waals surface area contributed by atoms with Crippen LogP contribution in [0.5, 0.6) is 0 Å². The van der Waals surface area contributed by atoms with Gasteiger partial charge in [0.05, 0.1) is 6.10 Å². The van der Waals surface area contributed by atoms with Crippen LogP contribution in [0, 0.1) is 34.5 Å². The first kappa shape index (κ1) is 20.2. The van der Waals surface area contributed by atoms with E-state index in [0.29, 0.717) is 12.8 Å². The summed E-state index contributed by atoms with van der Waals surface area (Å²) in [6.45, 7) is 6.09. The van der Waals surface area contributed by atoms with Crippen LogP contribution in [-0.4, -0.2) is 30.6 Å². The topological polar surface area (TPSA) is 97.7 Å². The number of hydrogen-bond donors (Lipinski definition) is 1. The molecule has 1 unspecified atom stereocenters. The Morgan fingerprint density at radius 3 is 2.50 bits per heavy atom. The molecule has 0 spiro atoms. The maximum atomic E-state index is 13.2. The van der Waals surface area contributed by atoms with Gasteiger partial charge in [0.25, 0.3) is 0 Å². The number of allylic oxidation sites excluding steroid dienone is 1. The van der Waals surface area contributed by atoms with Crippen LogP contribution in [0.15, 0.2) is 11.6 Å². The highest BCUT2D eigenvalue weighted by Crippen LogP contribution is 2.65. The highest BCUT2D eigenvalue weighted by Gasteiger charge is 2.61. The lowest BCUT2D eigenvalue weighted by Crippen LogP contribution is -2.54. The third kappa shape index (κ3) is 3.01. The molecular weight excluding hydrogens is 380 g/mol. The minimum absolute atomic E-state index is 0.0455. The SMILES string of the molecule is CC(=O)[C@H]1CC[C@H]2[C@@H]3C(=O)C=C4CC(OS(=O)(=O)O)CC[C@]4(C)[C@H]3CC[C@]12C. The van der Waals surface area contributed by atoms with Gasteiger partial charge in [-0.05, 0) is 80.6 Å². The van der Waals surface area contributed by atoms with Crippen molar-refractivity contribution in [3.63, 3.8) is 0 Å². The summed E-state index contributed by atoms with van der Waals surface area (Å²) in [7, 11) is -4.50. The van der Waals surface area contributed by atoms with Crippen molar-refractivity contribution in [1.29, 1.82) is 0 Å². The van der Waals surface area contributed by atoms with Gasteiger partial charge in [-0.3, -0.25) is 14.1 Å². The second-order valence-electron chi connectivity index (χ2n) is 9.90. The van der Waals surface area contributed by atoms with Crippen LogP contribution < -0.4 is 0 Å². The predicted molar refractivity (Wildman–Crippen MR) is 103 cm³/mol. The molecule has 0 amide bonds. The molecule has 0 aromatic rings. The Bertz CT molecular complexity index is 845. The van der Waals surface area contributed by atoms with Crippen molar-refractivity contribution in [2.24, 2.45) is 34.5 Å². The first-order chi connectivity index (χ1) is 13.0. The van der Waals surface area contributed by atoms with Gasteiger partial charge < -0.3 is 0 Å². The van der Waals surface area contributed by atoms with Crippen LogP contribution in [0.1, 0.15) is 65.7 Å². The number of fused-ring (bicyclic) bond motifs is 5. The summed E-state index contributed by atoms with van der Waals surface area (Å²) in [5.41, 5.74) is 0.728. The van der Waals surface area contributed by atoms with Crippen LogP contribution in [0.25, 0.3) is 0 Å². The maximum Gasteiger partial charge on any atom is 0.397 e. The fourth-order valence-corrected chi connectivity index (χ4v) is 7.80. The van der Waals surface area contributed by atoms with Gasteiger partial charge in [0.15, 0.2) is 5.78 Å². The molecule has 28 heavy (non-hydrogen) atoms. The molecule has 0 bridgehead atoms. The lowest BCUT2D eigenvalue weighted by Gasteiger charge is -2.57. The van der Waals surface area contributed by atoms with E-state index in [2.05, 4.69) is 13.8 Å². The maximum absolute atomic E-state index is 13.2. The molecule has 0 aromatic carbocycles. The monoisotopic (exact) mass is 410 g/mol. The average molecular weight is 411 g/mol. The second kappa shape index (κ2) is 6.47. The number of carbonyl (C=O) groups excluding carboxylic acids is 2. The third-order valence-corrected chi connectivity index (χ3v) is 9.16. The van der Waals surface area contributed by atoms with Crippen molar-refractivity contribution in [3.05, 3.63) is 11.6 Å². The van der Waals surface area contributed by atoms with Crippen LogP contribution in [0.3, 0.4) is 0 Å². The van der Waals surface area contributed by atoms with Crippen molar-refractivity contribution in [3.8, 4) is 0 Å². The summed E-state index contributed by atoms with van der Waals surface area (Å²) in [6.07, 6.45) is 6.47. The summed E-state index contributed by atoms with van der Waals surface area (Å²) in [4.78, 5) is 25.4. The van der Waals surface area contributed by atoms with E-state index in [9.17, 15) is 18.0 Å². The molecule has 7 atom stereocenters. The quantitative estimate of drug-likeness (QED) is 0.715. The summed E-state index contributed by atoms with van der Waals surface area (Å²) >= 11 is 0. The minimum atomic E-state index is -4.50. The summed E-state index contributed by atoms with van der Waals surface area (Å²) < 4.78 is 36.0. The molecule has 1 N–H and O–H groups in total. The lowest BCUT2D eigenvalue weighted by atomic mass is 9.47. The number of Topliss-reactive ketones (excluding diaryl/α,β-unsaturated/α-hetero) is 1. The Balaban J connectivity index is 1.65. The van der Waals surface area contributed by atoms with E-state index < -0.39 is 16.5 Å². The summed E-state index contributed by atoms with van der Waals surface area (Å²) in [6, 6.07) is 0. The standard InChI is InChI=1S/C21H30O6S/c1-12(22)15-4-5-16-19-17(7-9-21(15,16)3)20(2)8-6-14(27-28(24,25)26)10-13(20)11-18(19)23/h11,14-17,19H,4-10H2,1-3H3,(H,24,25,26)/t14?,15-,16+,17+,19+,20+,21-/m1/s1. The molecule has 0 heterocycles. The van der Waals surface area contributed by atoms with Gasteiger partial charge in [-0.1, -0.05) is 19.4 Å². The molecule has 0 radical (unpaired) electrons. The molecule has 3 saturated carbocycles. The number of rotatable bonds is 3. The van der Waals surface area contributed by atoms with Crippen molar-refractivity contribution < 1.29 is 26.7 Å². The Morgan fingerprint density at radius 2 is 1.86 bits per heavy atom. The third-order valence-electron chi connectivity index (χ3n) is 8.65. The molecule has 0 aromatic heterocycles. The fourth-order valence-electron chi connectivity index (χ4n) is 7.29. The molecule has 3 fully saturated rings. The zero-order chi connectivity index (χ0) is 20.5. The number of carbonyl (C=O) groups is 2. The second-order valence-corrected chi connectivity index (χ2v) is 10.9. The molecule has 4 aliphatic rings. The van der Waals surface area contributed by atoms with Crippen molar-refractivity contribution >= 4 is 22.0 Å². The van der Waals surface area contributed by atoms with E-state index in [-0.39, 0.29) is 46.1 Å². The summed E-state index contributed by atoms with van der Waals surface area (Å²) in [5.74, 6) is 0.867. The van der Waals surface area contributed by atoms with E-state index in [0.717, 1.165) is 37.7 Å². The minimum Gasteiger partial charge on any atom is -0.300 e. The van der Waals surface area contributed by atoms with E-state index in [1.54, 1.807) is 13.0 Å². The largest absolute Gasteiger partial charge is 0.397 e. The van der Waals surface area contributed by atoms with E-state index in [1.165, 1.54) is 0 Å². The molecule has 6 nitrogen and oxygen atoms in total. The van der Waals surface area contributed by atoms with Crippen LogP contribution in [0.4, 0.5) is 0 Å². The molecule has 0 saturated heterocycles. The van der Waals surface area contributed by atoms with Crippen LogP contribution >= 0.6 is 0 Å². The zero-order valence-corrected chi connectivity index (χ0v) is 17.6. The van der Waals surface area contributed by atoms with Crippen molar-refractivity contribution in [2.75, 3.05) is 0 Å². The van der Waals surface area contributed by atoms with Crippen LogP contribution in [-0.2, 0) is 24.2 Å². The first-order valence-corrected chi connectivity index (χ1v) is 11.7. The normalized spacial score (nSPS) is 45.6. The molecular formula is C21H30O6S. The van der Waals surface area contributed by atoms with Gasteiger partial charge in [-0.25, -0.2) is 4.18 Å². The smallest absolute Gasteiger partial charge is 0.300 e. The van der Waals surface area contributed by atoms with Gasteiger partial charge >= 0.3 is 10.4 Å². The van der Waals surface area contributed by atoms with E-state index in [4.69, 9.17) is 8.74 Å². The van der Waals surface area contributed by atoms with Gasteiger partial charge in [-0.15, -0.1) is 0 Å². The molecule has 0 aliphatic heterocycles. The average Bonchev–Trinajstić information content (AvgIpc) is 2.92. The van der Waals surface area contributed by atoms with E-state index in [1.807, 2.05) is 0 Å². The molecule has 156 valence electrons. The molecule has 4 rings (SSSR count). The zero-order valence-electron chi connectivity index (χ0n) is 16.8. The Hall–Kier alpha value is -1.05. The first-order valence-electron chi connectivity index (χ1n) is 10.4. The van der Waals surface area contributed by atoms with Gasteiger partial charge in [0.1, 0.15) is 5.78 Å². The van der Waals surface area contributed by atoms with Crippen molar-refractivity contribution in [1.82, 2.24) is 0 Å². The Labute approximate surface area is 167 Å². The van der Waals surface area contributed by atoms with Crippen LogP contribution in [0.2, 0.25) is 0 Å².